The Kier molecular flexibility index (Phi) is 4.00. The van der Waals surface area contributed by atoms with Gasteiger partial charge in [0.15, 0.2) is 10.7 Å². The third-order valence-corrected chi connectivity index (χ3v) is 3.76. The van der Waals surface area contributed by atoms with E-state index in [4.69, 9.17) is 34.0 Å². The number of hydrogen-bond donors (Lipinski definition) is 2. The summed E-state index contributed by atoms with van der Waals surface area (Å²) in [7, 11) is 0. The third kappa shape index (κ3) is 2.91. The first-order valence-corrected chi connectivity index (χ1v) is 7.61. The van der Waals surface area contributed by atoms with Crippen molar-refractivity contribution in [2.24, 2.45) is 5.73 Å². The molecule has 1 aromatic heterocycles. The Labute approximate surface area is 138 Å². The zero-order valence-electron chi connectivity index (χ0n) is 11.9. The largest absolute Gasteiger partial charge is 0.436 e. The van der Waals surface area contributed by atoms with Gasteiger partial charge in [0, 0.05) is 5.69 Å². The molecule has 6 heteroatoms. The lowest BCUT2D eigenvalue weighted by molar-refractivity contribution is 0.620. The van der Waals surface area contributed by atoms with Crippen LogP contribution in [0.1, 0.15) is 12.5 Å². The molecule has 22 heavy (non-hydrogen) atoms. The van der Waals surface area contributed by atoms with Gasteiger partial charge in [-0.1, -0.05) is 24.6 Å². The van der Waals surface area contributed by atoms with Crippen molar-refractivity contribution in [3.63, 3.8) is 0 Å². The molecule has 0 saturated heterocycles. The Hall–Kier alpha value is -2.11. The summed E-state index contributed by atoms with van der Waals surface area (Å²) in [5, 5.41) is 3.62. The van der Waals surface area contributed by atoms with E-state index in [-0.39, 0.29) is 5.11 Å². The molecule has 0 aliphatic rings. The minimum Gasteiger partial charge on any atom is -0.436 e. The van der Waals surface area contributed by atoms with Gasteiger partial charge in [-0.2, -0.15) is 0 Å². The van der Waals surface area contributed by atoms with Crippen LogP contribution in [0.3, 0.4) is 0 Å². The average molecular weight is 332 g/mol. The number of benzene rings is 2. The number of anilines is 1. The number of halogens is 1. The molecule has 0 atom stereocenters. The highest BCUT2D eigenvalue weighted by molar-refractivity contribution is 7.80. The zero-order valence-corrected chi connectivity index (χ0v) is 13.5. The number of aromatic nitrogens is 1. The number of hydrogen-bond acceptors (Lipinski definition) is 3. The van der Waals surface area contributed by atoms with E-state index in [2.05, 4.69) is 17.2 Å². The highest BCUT2D eigenvalue weighted by Gasteiger charge is 2.13. The minimum atomic E-state index is 0.193. The van der Waals surface area contributed by atoms with Crippen LogP contribution in [0.25, 0.3) is 22.6 Å². The van der Waals surface area contributed by atoms with Crippen molar-refractivity contribution in [2.45, 2.75) is 13.3 Å². The number of thiocarbonyl (C=S) groups is 1. The zero-order chi connectivity index (χ0) is 15.7. The van der Waals surface area contributed by atoms with Crippen LogP contribution in [0.2, 0.25) is 5.02 Å². The molecule has 3 N–H and O–H groups in total. The van der Waals surface area contributed by atoms with Gasteiger partial charge in [0.1, 0.15) is 5.52 Å². The van der Waals surface area contributed by atoms with Crippen molar-refractivity contribution in [3.8, 4) is 11.5 Å². The number of nitrogens with two attached hydrogens (primary N) is 1. The van der Waals surface area contributed by atoms with Gasteiger partial charge in [0.2, 0.25) is 5.89 Å². The maximum absolute atomic E-state index is 6.26. The lowest BCUT2D eigenvalue weighted by atomic mass is 10.1. The van der Waals surface area contributed by atoms with Crippen LogP contribution in [0.15, 0.2) is 40.8 Å². The second-order valence-corrected chi connectivity index (χ2v) is 5.71. The summed E-state index contributed by atoms with van der Waals surface area (Å²) < 4.78 is 5.81. The number of aryl methyl sites for hydroxylation is 1. The van der Waals surface area contributed by atoms with Crippen LogP contribution in [0.4, 0.5) is 5.69 Å². The molecule has 0 aliphatic heterocycles. The molecule has 0 unspecified atom stereocenters. The topological polar surface area (TPSA) is 64.1 Å². The summed E-state index contributed by atoms with van der Waals surface area (Å²) in [5.74, 6) is 0.472. The van der Waals surface area contributed by atoms with Crippen molar-refractivity contribution in [2.75, 3.05) is 5.32 Å². The van der Waals surface area contributed by atoms with Crippen molar-refractivity contribution in [3.05, 3.63) is 47.0 Å². The molecule has 0 amide bonds. The minimum absolute atomic E-state index is 0.193. The number of nitrogens with one attached hydrogen (secondary N) is 1. The fourth-order valence-electron chi connectivity index (χ4n) is 2.22. The Morgan fingerprint density at radius 2 is 2.14 bits per heavy atom. The monoisotopic (exact) mass is 331 g/mol. The molecular formula is C16H14ClN3OS. The standard InChI is InChI=1S/C16H14ClN3OS/c1-2-9-3-6-14-13(7-9)20-15(21-14)11-8-10(19-16(18)22)4-5-12(11)17/h3-8H,2H2,1H3,(H3,18,19,22). The second kappa shape index (κ2) is 5.94. The molecule has 2 aromatic carbocycles. The molecule has 0 saturated carbocycles. The van der Waals surface area contributed by atoms with Gasteiger partial charge in [0.05, 0.1) is 10.6 Å². The molecule has 4 nitrogen and oxygen atoms in total. The summed E-state index contributed by atoms with van der Waals surface area (Å²) in [6.45, 7) is 2.10. The maximum Gasteiger partial charge on any atom is 0.228 e. The first kappa shape index (κ1) is 14.8. The predicted octanol–water partition coefficient (Wildman–Crippen LogP) is 4.37. The molecule has 0 fully saturated rings. The van der Waals surface area contributed by atoms with Crippen LogP contribution in [-0.2, 0) is 6.42 Å². The van der Waals surface area contributed by atoms with Crippen molar-refractivity contribution in [1.82, 2.24) is 4.98 Å². The first-order valence-electron chi connectivity index (χ1n) is 6.82. The van der Waals surface area contributed by atoms with E-state index in [1.165, 1.54) is 5.56 Å². The smallest absolute Gasteiger partial charge is 0.228 e. The lowest BCUT2D eigenvalue weighted by Gasteiger charge is -2.06. The molecule has 0 radical (unpaired) electrons. The summed E-state index contributed by atoms with van der Waals surface area (Å²) in [4.78, 5) is 4.53. The Morgan fingerprint density at radius 3 is 2.86 bits per heavy atom. The fourth-order valence-corrected chi connectivity index (χ4v) is 2.53. The van der Waals surface area contributed by atoms with E-state index in [0.29, 0.717) is 16.5 Å². The molecule has 3 rings (SSSR count). The van der Waals surface area contributed by atoms with E-state index in [1.54, 1.807) is 12.1 Å². The van der Waals surface area contributed by atoms with Gasteiger partial charge in [-0.15, -0.1) is 0 Å². The number of fused-ring (bicyclic) bond motifs is 1. The highest BCUT2D eigenvalue weighted by Crippen LogP contribution is 2.32. The fraction of sp³-hybridized carbons (Fsp3) is 0.125. The predicted molar refractivity (Wildman–Crippen MR) is 94.2 cm³/mol. The van der Waals surface area contributed by atoms with E-state index in [0.717, 1.165) is 23.2 Å². The maximum atomic E-state index is 6.26. The third-order valence-electron chi connectivity index (χ3n) is 3.32. The molecule has 0 spiro atoms. The van der Waals surface area contributed by atoms with Gasteiger partial charge in [-0.05, 0) is 54.5 Å². The SMILES string of the molecule is CCc1ccc2oc(-c3cc(NC(N)=S)ccc3Cl)nc2c1. The summed E-state index contributed by atoms with van der Waals surface area (Å²) >= 11 is 11.1. The quantitative estimate of drug-likeness (QED) is 0.698. The summed E-state index contributed by atoms with van der Waals surface area (Å²) in [5.41, 5.74) is 9.68. The van der Waals surface area contributed by atoms with E-state index in [1.807, 2.05) is 24.3 Å². The van der Waals surface area contributed by atoms with Crippen LogP contribution < -0.4 is 11.1 Å². The summed E-state index contributed by atoms with van der Waals surface area (Å²) in [6.07, 6.45) is 0.951. The van der Waals surface area contributed by atoms with Gasteiger partial charge in [-0.25, -0.2) is 4.98 Å². The van der Waals surface area contributed by atoms with Crippen molar-refractivity contribution in [1.29, 1.82) is 0 Å². The van der Waals surface area contributed by atoms with Gasteiger partial charge >= 0.3 is 0 Å². The van der Waals surface area contributed by atoms with Gasteiger partial charge in [-0.3, -0.25) is 0 Å². The Bertz CT molecular complexity index is 860. The number of nitrogens with zero attached hydrogens (tertiary/aromatic N) is 1. The van der Waals surface area contributed by atoms with Crippen LogP contribution in [0, 0.1) is 0 Å². The van der Waals surface area contributed by atoms with Crippen molar-refractivity contribution >= 4 is 45.7 Å². The van der Waals surface area contributed by atoms with E-state index in [9.17, 15) is 0 Å². The molecule has 3 aromatic rings. The van der Waals surface area contributed by atoms with Gasteiger partial charge in [0.25, 0.3) is 0 Å². The Balaban J connectivity index is 2.08. The molecule has 0 bridgehead atoms. The van der Waals surface area contributed by atoms with Crippen LogP contribution in [0.5, 0.6) is 0 Å². The molecule has 112 valence electrons. The molecular weight excluding hydrogens is 318 g/mol. The summed E-state index contributed by atoms with van der Waals surface area (Å²) in [6, 6.07) is 11.3. The van der Waals surface area contributed by atoms with E-state index >= 15 is 0 Å². The Morgan fingerprint density at radius 1 is 1.32 bits per heavy atom. The molecule has 1 heterocycles. The van der Waals surface area contributed by atoms with Crippen molar-refractivity contribution < 1.29 is 4.42 Å². The highest BCUT2D eigenvalue weighted by atomic mass is 35.5. The average Bonchev–Trinajstić information content (AvgIpc) is 2.91. The normalized spacial score (nSPS) is 10.8. The number of oxazole rings is 1. The second-order valence-electron chi connectivity index (χ2n) is 4.86. The lowest BCUT2D eigenvalue weighted by Crippen LogP contribution is -2.18. The number of rotatable bonds is 3. The first-order chi connectivity index (χ1) is 10.6. The van der Waals surface area contributed by atoms with Crippen LogP contribution in [-0.4, -0.2) is 10.1 Å². The van der Waals surface area contributed by atoms with Crippen LogP contribution >= 0.6 is 23.8 Å². The van der Waals surface area contributed by atoms with Gasteiger partial charge < -0.3 is 15.5 Å². The van der Waals surface area contributed by atoms with E-state index < -0.39 is 0 Å². The molecule has 0 aliphatic carbocycles.